The molecule has 0 unspecified atom stereocenters. The third kappa shape index (κ3) is 5.91. The van der Waals surface area contributed by atoms with Crippen molar-refractivity contribution in [2.45, 2.75) is 51.5 Å². The van der Waals surface area contributed by atoms with E-state index in [2.05, 4.69) is 29.2 Å². The van der Waals surface area contributed by atoms with Crippen molar-refractivity contribution in [3.63, 3.8) is 0 Å². The van der Waals surface area contributed by atoms with Crippen LogP contribution in [0.25, 0.3) is 0 Å². The summed E-state index contributed by atoms with van der Waals surface area (Å²) in [6, 6.07) is 15.8. The molecule has 0 atom stereocenters. The van der Waals surface area contributed by atoms with Crippen LogP contribution in [0.15, 0.2) is 48.5 Å². The highest BCUT2D eigenvalue weighted by molar-refractivity contribution is 5.76. The van der Waals surface area contributed by atoms with Crippen LogP contribution in [0.3, 0.4) is 0 Å². The van der Waals surface area contributed by atoms with Crippen LogP contribution >= 0.6 is 0 Å². The Morgan fingerprint density at radius 1 is 0.900 bits per heavy atom. The lowest BCUT2D eigenvalue weighted by atomic mass is 9.89. The summed E-state index contributed by atoms with van der Waals surface area (Å²) in [6.45, 7) is 4.89. The van der Waals surface area contributed by atoms with E-state index in [9.17, 15) is 9.18 Å². The van der Waals surface area contributed by atoms with Crippen LogP contribution in [-0.4, -0.2) is 41.9 Å². The van der Waals surface area contributed by atoms with Crippen LogP contribution in [0.5, 0.6) is 0 Å². The van der Waals surface area contributed by atoms with Crippen molar-refractivity contribution in [3.8, 4) is 0 Å². The molecular weight excluding hydrogens is 375 g/mol. The van der Waals surface area contributed by atoms with Gasteiger partial charge in [-0.15, -0.1) is 0 Å². The molecule has 0 aliphatic carbocycles. The van der Waals surface area contributed by atoms with Crippen LogP contribution < -0.4 is 0 Å². The van der Waals surface area contributed by atoms with E-state index in [0.29, 0.717) is 12.3 Å². The van der Waals surface area contributed by atoms with Gasteiger partial charge in [-0.05, 0) is 86.4 Å². The number of carbonyl (C=O) groups is 1. The number of piperidine rings is 1. The third-order valence-electron chi connectivity index (χ3n) is 6.64. The molecule has 0 bridgehead atoms. The van der Waals surface area contributed by atoms with Gasteiger partial charge in [-0.3, -0.25) is 9.69 Å². The minimum absolute atomic E-state index is 0.147. The molecule has 2 aromatic rings. The maximum atomic E-state index is 13.4. The van der Waals surface area contributed by atoms with Gasteiger partial charge in [-0.25, -0.2) is 4.39 Å². The Morgan fingerprint density at radius 2 is 1.60 bits per heavy atom. The SMILES string of the molecule is O=C(CCc1ccc(CC2CCN(Cc3cccc(F)c3)CC2)cc1)N1CCCC1. The van der Waals surface area contributed by atoms with Crippen molar-refractivity contribution < 1.29 is 9.18 Å². The Hall–Kier alpha value is -2.20. The first kappa shape index (κ1) is 21.0. The quantitative estimate of drug-likeness (QED) is 0.655. The predicted molar refractivity (Wildman–Crippen MR) is 119 cm³/mol. The molecule has 3 nitrogen and oxygen atoms in total. The molecule has 2 aromatic carbocycles. The Kier molecular flexibility index (Phi) is 7.16. The Balaban J connectivity index is 1.19. The van der Waals surface area contributed by atoms with Gasteiger partial charge in [0.05, 0.1) is 0 Å². The Labute approximate surface area is 179 Å². The smallest absolute Gasteiger partial charge is 0.222 e. The molecule has 0 spiro atoms. The van der Waals surface area contributed by atoms with Gasteiger partial charge >= 0.3 is 0 Å². The number of amides is 1. The van der Waals surface area contributed by atoms with E-state index in [1.54, 1.807) is 12.1 Å². The largest absolute Gasteiger partial charge is 0.343 e. The summed E-state index contributed by atoms with van der Waals surface area (Å²) in [5.74, 6) is 0.879. The number of halogens is 1. The summed E-state index contributed by atoms with van der Waals surface area (Å²) >= 11 is 0. The summed E-state index contributed by atoms with van der Waals surface area (Å²) in [4.78, 5) is 16.7. The average Bonchev–Trinajstić information content (AvgIpc) is 3.30. The number of nitrogens with zero attached hydrogens (tertiary/aromatic N) is 2. The first-order valence-electron chi connectivity index (χ1n) is 11.5. The molecule has 4 heteroatoms. The van der Waals surface area contributed by atoms with Crippen molar-refractivity contribution in [2.75, 3.05) is 26.2 Å². The highest BCUT2D eigenvalue weighted by atomic mass is 19.1. The number of likely N-dealkylation sites (tertiary alicyclic amines) is 2. The average molecular weight is 409 g/mol. The Morgan fingerprint density at radius 3 is 2.30 bits per heavy atom. The van der Waals surface area contributed by atoms with Gasteiger partial charge in [0.2, 0.25) is 5.91 Å². The lowest BCUT2D eigenvalue weighted by molar-refractivity contribution is -0.130. The zero-order valence-electron chi connectivity index (χ0n) is 17.9. The fraction of sp³-hybridized carbons (Fsp3) is 0.500. The number of carbonyl (C=O) groups excluding carboxylic acids is 1. The molecule has 2 aliphatic heterocycles. The van der Waals surface area contributed by atoms with E-state index in [1.807, 2.05) is 11.0 Å². The highest BCUT2D eigenvalue weighted by Gasteiger charge is 2.20. The molecule has 0 saturated carbocycles. The summed E-state index contributed by atoms with van der Waals surface area (Å²) in [6.07, 6.45) is 7.30. The second kappa shape index (κ2) is 10.2. The standard InChI is InChI=1S/C26H33FN2O/c27-25-5-3-4-24(19-25)20-28-16-12-23(13-17-28)18-22-8-6-21(7-9-22)10-11-26(30)29-14-1-2-15-29/h3-9,19,23H,1-2,10-18,20H2. The van der Waals surface area contributed by atoms with Gasteiger partial charge in [0.15, 0.2) is 0 Å². The second-order valence-corrected chi connectivity index (χ2v) is 8.96. The van der Waals surface area contributed by atoms with Crippen molar-refractivity contribution in [1.82, 2.24) is 9.80 Å². The molecule has 160 valence electrons. The lowest BCUT2D eigenvalue weighted by Crippen LogP contribution is -2.33. The fourth-order valence-electron chi connectivity index (χ4n) is 4.79. The van der Waals surface area contributed by atoms with E-state index >= 15 is 0 Å². The van der Waals surface area contributed by atoms with Gasteiger partial charge in [-0.2, -0.15) is 0 Å². The van der Waals surface area contributed by atoms with Gasteiger partial charge in [-0.1, -0.05) is 36.4 Å². The molecule has 1 amide bonds. The summed E-state index contributed by atoms with van der Waals surface area (Å²) in [5, 5.41) is 0. The second-order valence-electron chi connectivity index (χ2n) is 8.96. The number of aryl methyl sites for hydroxylation is 1. The molecule has 30 heavy (non-hydrogen) atoms. The number of hydrogen-bond donors (Lipinski definition) is 0. The van der Waals surface area contributed by atoms with Gasteiger partial charge in [0, 0.05) is 26.1 Å². The summed E-state index contributed by atoms with van der Waals surface area (Å²) < 4.78 is 13.4. The van der Waals surface area contributed by atoms with Crippen LogP contribution in [0.4, 0.5) is 4.39 Å². The zero-order chi connectivity index (χ0) is 20.8. The monoisotopic (exact) mass is 408 g/mol. The van der Waals surface area contributed by atoms with Crippen molar-refractivity contribution in [3.05, 3.63) is 71.0 Å². The Bertz CT molecular complexity index is 821. The third-order valence-corrected chi connectivity index (χ3v) is 6.64. The van der Waals surface area contributed by atoms with E-state index in [4.69, 9.17) is 0 Å². The van der Waals surface area contributed by atoms with Crippen LogP contribution in [0, 0.1) is 11.7 Å². The molecular formula is C26H33FN2O. The minimum Gasteiger partial charge on any atom is -0.343 e. The first-order valence-corrected chi connectivity index (χ1v) is 11.5. The van der Waals surface area contributed by atoms with E-state index in [1.165, 1.54) is 30.0 Å². The zero-order valence-corrected chi connectivity index (χ0v) is 17.9. The summed E-state index contributed by atoms with van der Waals surface area (Å²) in [5.41, 5.74) is 3.72. The van der Waals surface area contributed by atoms with Crippen LogP contribution in [-0.2, 0) is 24.2 Å². The topological polar surface area (TPSA) is 23.6 Å². The van der Waals surface area contributed by atoms with E-state index < -0.39 is 0 Å². The lowest BCUT2D eigenvalue weighted by Gasteiger charge is -2.32. The fourth-order valence-corrected chi connectivity index (χ4v) is 4.79. The van der Waals surface area contributed by atoms with Gasteiger partial charge in [0.25, 0.3) is 0 Å². The van der Waals surface area contributed by atoms with Crippen molar-refractivity contribution in [2.24, 2.45) is 5.92 Å². The molecule has 0 N–H and O–H groups in total. The maximum Gasteiger partial charge on any atom is 0.222 e. The molecule has 2 heterocycles. The minimum atomic E-state index is -0.147. The van der Waals surface area contributed by atoms with E-state index in [-0.39, 0.29) is 5.82 Å². The highest BCUT2D eigenvalue weighted by Crippen LogP contribution is 2.23. The number of benzene rings is 2. The molecule has 2 fully saturated rings. The number of rotatable bonds is 7. The molecule has 2 saturated heterocycles. The molecule has 2 aliphatic rings. The normalized spacial score (nSPS) is 18.1. The first-order chi connectivity index (χ1) is 14.7. The summed E-state index contributed by atoms with van der Waals surface area (Å²) in [7, 11) is 0. The van der Waals surface area contributed by atoms with E-state index in [0.717, 1.165) is 69.9 Å². The van der Waals surface area contributed by atoms with Crippen LogP contribution in [0.2, 0.25) is 0 Å². The van der Waals surface area contributed by atoms with Gasteiger partial charge in [0.1, 0.15) is 5.82 Å². The predicted octanol–water partition coefficient (Wildman–Crippen LogP) is 4.84. The molecule has 0 aromatic heterocycles. The molecule has 0 radical (unpaired) electrons. The number of hydrogen-bond acceptors (Lipinski definition) is 2. The maximum absolute atomic E-state index is 13.4. The van der Waals surface area contributed by atoms with Crippen molar-refractivity contribution >= 4 is 5.91 Å². The molecule has 4 rings (SSSR count). The van der Waals surface area contributed by atoms with Crippen LogP contribution in [0.1, 0.15) is 48.8 Å². The van der Waals surface area contributed by atoms with Crippen molar-refractivity contribution in [1.29, 1.82) is 0 Å². The van der Waals surface area contributed by atoms with Gasteiger partial charge < -0.3 is 4.90 Å².